The molecule has 0 amide bonds. The third kappa shape index (κ3) is 2.54. The first-order valence-corrected chi connectivity index (χ1v) is 7.16. The summed E-state index contributed by atoms with van der Waals surface area (Å²) in [5.41, 5.74) is 8.75. The molecular weight excluding hydrogens is 252 g/mol. The minimum Gasteiger partial charge on any atom is -0.486 e. The van der Waals surface area contributed by atoms with E-state index in [2.05, 4.69) is 22.2 Å². The van der Waals surface area contributed by atoms with Gasteiger partial charge >= 0.3 is 0 Å². The van der Waals surface area contributed by atoms with Gasteiger partial charge in [-0.05, 0) is 49.4 Å². The van der Waals surface area contributed by atoms with E-state index in [-0.39, 0.29) is 6.04 Å². The van der Waals surface area contributed by atoms with Crippen molar-refractivity contribution in [3.8, 4) is 5.75 Å². The molecule has 1 aliphatic rings. The highest BCUT2D eigenvalue weighted by atomic mass is 16.5. The molecule has 1 heterocycles. The summed E-state index contributed by atoms with van der Waals surface area (Å²) in [6.45, 7) is 3.27. The lowest BCUT2D eigenvalue weighted by molar-refractivity contribution is 0.286. The van der Waals surface area contributed by atoms with E-state index in [0.29, 0.717) is 6.61 Å². The summed E-state index contributed by atoms with van der Waals surface area (Å²) in [5, 5.41) is 4.13. The summed E-state index contributed by atoms with van der Waals surface area (Å²) >= 11 is 0. The first-order chi connectivity index (χ1) is 9.78. The van der Waals surface area contributed by atoms with Crippen LogP contribution in [0.15, 0.2) is 24.5 Å². The maximum Gasteiger partial charge on any atom is 0.164 e. The first kappa shape index (κ1) is 13.1. The summed E-state index contributed by atoms with van der Waals surface area (Å²) in [4.78, 5) is 4.21. The van der Waals surface area contributed by atoms with Crippen LogP contribution >= 0.6 is 0 Å². The molecule has 1 aliphatic carbocycles. The van der Waals surface area contributed by atoms with Gasteiger partial charge < -0.3 is 10.5 Å². The molecule has 0 fully saturated rings. The third-order valence-electron chi connectivity index (χ3n) is 3.84. The number of nitrogens with zero attached hydrogens (tertiary/aromatic N) is 3. The standard InChI is InChI=1S/C15H20N4O/c1-2-19-15(17-10-18-19)9-20-12-7-6-11-4-3-5-14(16)13(11)8-12/h6-8,10,14H,2-5,9,16H2,1H3. The number of aryl methyl sites for hydroxylation is 2. The van der Waals surface area contributed by atoms with Crippen LogP contribution in [-0.4, -0.2) is 14.8 Å². The van der Waals surface area contributed by atoms with Gasteiger partial charge in [-0.1, -0.05) is 6.07 Å². The van der Waals surface area contributed by atoms with E-state index in [1.54, 1.807) is 6.33 Å². The zero-order valence-corrected chi connectivity index (χ0v) is 11.7. The zero-order valence-electron chi connectivity index (χ0n) is 11.7. The molecule has 5 nitrogen and oxygen atoms in total. The maximum atomic E-state index is 6.17. The predicted octanol–water partition coefficient (Wildman–Crippen LogP) is 2.21. The van der Waals surface area contributed by atoms with Crippen LogP contribution in [0.4, 0.5) is 0 Å². The molecule has 0 aliphatic heterocycles. The summed E-state index contributed by atoms with van der Waals surface area (Å²) < 4.78 is 7.67. The summed E-state index contributed by atoms with van der Waals surface area (Å²) in [6, 6.07) is 6.37. The molecule has 0 radical (unpaired) electrons. The topological polar surface area (TPSA) is 66.0 Å². The highest BCUT2D eigenvalue weighted by Gasteiger charge is 2.17. The first-order valence-electron chi connectivity index (χ1n) is 7.16. The summed E-state index contributed by atoms with van der Waals surface area (Å²) in [7, 11) is 0. The van der Waals surface area contributed by atoms with E-state index >= 15 is 0 Å². The molecule has 0 saturated heterocycles. The molecule has 1 unspecified atom stereocenters. The number of nitrogens with two attached hydrogens (primary N) is 1. The van der Waals surface area contributed by atoms with Gasteiger partial charge in [-0.25, -0.2) is 9.67 Å². The number of fused-ring (bicyclic) bond motifs is 1. The SMILES string of the molecule is CCn1ncnc1COc1ccc2c(c1)C(N)CCC2. The highest BCUT2D eigenvalue weighted by molar-refractivity contribution is 5.39. The summed E-state index contributed by atoms with van der Waals surface area (Å²) in [5.74, 6) is 1.70. The Morgan fingerprint density at radius 2 is 2.35 bits per heavy atom. The van der Waals surface area contributed by atoms with Crippen molar-refractivity contribution < 1.29 is 4.74 Å². The lowest BCUT2D eigenvalue weighted by atomic mass is 9.88. The number of aromatic nitrogens is 3. The monoisotopic (exact) mass is 272 g/mol. The molecule has 0 spiro atoms. The van der Waals surface area contributed by atoms with Gasteiger partial charge in [-0.2, -0.15) is 5.10 Å². The molecule has 1 aromatic heterocycles. The molecule has 0 saturated carbocycles. The number of hydrogen-bond acceptors (Lipinski definition) is 4. The van der Waals surface area contributed by atoms with Crippen LogP contribution in [0.5, 0.6) is 5.75 Å². The largest absolute Gasteiger partial charge is 0.486 e. The average Bonchev–Trinajstić information content (AvgIpc) is 2.93. The molecule has 106 valence electrons. The molecule has 3 rings (SSSR count). The number of hydrogen-bond donors (Lipinski definition) is 1. The lowest BCUT2D eigenvalue weighted by Gasteiger charge is -2.22. The Labute approximate surface area is 118 Å². The van der Waals surface area contributed by atoms with Gasteiger partial charge in [0.2, 0.25) is 0 Å². The third-order valence-corrected chi connectivity index (χ3v) is 3.84. The second kappa shape index (κ2) is 5.63. The molecule has 0 bridgehead atoms. The minimum atomic E-state index is 0.140. The van der Waals surface area contributed by atoms with Gasteiger partial charge in [0.1, 0.15) is 18.7 Å². The molecule has 2 N–H and O–H groups in total. The Bertz CT molecular complexity index is 593. The molecule has 5 heteroatoms. The van der Waals surface area contributed by atoms with Crippen LogP contribution in [0, 0.1) is 0 Å². The van der Waals surface area contributed by atoms with E-state index in [1.807, 2.05) is 17.7 Å². The van der Waals surface area contributed by atoms with Gasteiger partial charge in [0.25, 0.3) is 0 Å². The number of rotatable bonds is 4. The Morgan fingerprint density at radius 3 is 3.20 bits per heavy atom. The fraction of sp³-hybridized carbons (Fsp3) is 0.467. The van der Waals surface area contributed by atoms with Crippen LogP contribution in [0.1, 0.15) is 42.8 Å². The van der Waals surface area contributed by atoms with Crippen molar-refractivity contribution in [3.05, 3.63) is 41.5 Å². The average molecular weight is 272 g/mol. The van der Waals surface area contributed by atoms with Gasteiger partial charge in [0, 0.05) is 12.6 Å². The van der Waals surface area contributed by atoms with Gasteiger partial charge in [-0.15, -0.1) is 0 Å². The van der Waals surface area contributed by atoms with Crippen molar-refractivity contribution in [2.24, 2.45) is 5.73 Å². The maximum absolute atomic E-state index is 6.17. The fourth-order valence-corrected chi connectivity index (χ4v) is 2.72. The van der Waals surface area contributed by atoms with E-state index in [4.69, 9.17) is 10.5 Å². The Kier molecular flexibility index (Phi) is 3.69. The second-order valence-electron chi connectivity index (χ2n) is 5.14. The summed E-state index contributed by atoms with van der Waals surface area (Å²) in [6.07, 6.45) is 4.91. The lowest BCUT2D eigenvalue weighted by Crippen LogP contribution is -2.17. The van der Waals surface area contributed by atoms with Crippen LogP contribution < -0.4 is 10.5 Å². The molecule has 20 heavy (non-hydrogen) atoms. The van der Waals surface area contributed by atoms with Crippen molar-refractivity contribution in [2.75, 3.05) is 0 Å². The van der Waals surface area contributed by atoms with Crippen LogP contribution in [-0.2, 0) is 19.6 Å². The van der Waals surface area contributed by atoms with Crippen molar-refractivity contribution in [1.82, 2.24) is 14.8 Å². The Morgan fingerprint density at radius 1 is 1.45 bits per heavy atom. The number of ether oxygens (including phenoxy) is 1. The van der Waals surface area contributed by atoms with E-state index in [0.717, 1.165) is 31.0 Å². The molecule has 2 aromatic rings. The second-order valence-corrected chi connectivity index (χ2v) is 5.14. The van der Waals surface area contributed by atoms with E-state index in [9.17, 15) is 0 Å². The predicted molar refractivity (Wildman–Crippen MR) is 76.3 cm³/mol. The normalized spacial score (nSPS) is 17.8. The minimum absolute atomic E-state index is 0.140. The Balaban J connectivity index is 1.73. The fourth-order valence-electron chi connectivity index (χ4n) is 2.72. The van der Waals surface area contributed by atoms with E-state index in [1.165, 1.54) is 17.5 Å². The van der Waals surface area contributed by atoms with Crippen LogP contribution in [0.25, 0.3) is 0 Å². The smallest absolute Gasteiger partial charge is 0.164 e. The van der Waals surface area contributed by atoms with Crippen LogP contribution in [0.2, 0.25) is 0 Å². The van der Waals surface area contributed by atoms with Crippen molar-refractivity contribution in [1.29, 1.82) is 0 Å². The molecule has 1 atom stereocenters. The van der Waals surface area contributed by atoms with Gasteiger partial charge in [0.05, 0.1) is 0 Å². The van der Waals surface area contributed by atoms with Crippen LogP contribution in [0.3, 0.4) is 0 Å². The van der Waals surface area contributed by atoms with Gasteiger partial charge in [-0.3, -0.25) is 0 Å². The van der Waals surface area contributed by atoms with Crippen molar-refractivity contribution >= 4 is 0 Å². The highest BCUT2D eigenvalue weighted by Crippen LogP contribution is 2.31. The van der Waals surface area contributed by atoms with Crippen molar-refractivity contribution in [2.45, 2.75) is 45.4 Å². The zero-order chi connectivity index (χ0) is 13.9. The molecular formula is C15H20N4O. The molecule has 1 aromatic carbocycles. The Hall–Kier alpha value is -1.88. The number of benzene rings is 1. The van der Waals surface area contributed by atoms with Crippen molar-refractivity contribution in [3.63, 3.8) is 0 Å². The van der Waals surface area contributed by atoms with E-state index < -0.39 is 0 Å². The quantitative estimate of drug-likeness (QED) is 0.926. The van der Waals surface area contributed by atoms with Gasteiger partial charge in [0.15, 0.2) is 5.82 Å².